The van der Waals surface area contributed by atoms with Gasteiger partial charge in [-0.05, 0) is 0 Å². The molecular weight excluding hydrogens is 235 g/mol. The first-order valence-corrected chi connectivity index (χ1v) is 0. The third-order valence-corrected chi connectivity index (χ3v) is 0. The van der Waals surface area contributed by atoms with Gasteiger partial charge in [-0.25, -0.2) is 0 Å². The molecule has 0 heterocycles. The Kier molecular flexibility index (Phi) is 758. The molecular formula is H10AsS5. The summed E-state index contributed by atoms with van der Waals surface area (Å²) in [5.74, 6) is 0. The van der Waals surface area contributed by atoms with Crippen molar-refractivity contribution in [3.8, 4) is 0 Å². The van der Waals surface area contributed by atoms with Gasteiger partial charge in [-0.1, -0.05) is 0 Å². The van der Waals surface area contributed by atoms with E-state index in [1.165, 1.54) is 0 Å². The summed E-state index contributed by atoms with van der Waals surface area (Å²) in [6.07, 6.45) is 0. The van der Waals surface area contributed by atoms with Gasteiger partial charge in [0, 0.05) is 18.0 Å². The van der Waals surface area contributed by atoms with Crippen LogP contribution in [-0.2, 0) is 0 Å². The molecule has 0 N–H and O–H groups in total. The molecule has 0 fully saturated rings. The van der Waals surface area contributed by atoms with Crippen molar-refractivity contribution in [2.75, 3.05) is 0 Å². The van der Waals surface area contributed by atoms with Crippen LogP contribution >= 0.6 is 67.5 Å². The molecule has 0 unspecified atom stereocenters. The maximum Gasteiger partial charge on any atom is 0 e. The molecule has 0 aliphatic heterocycles. The Morgan fingerprint density at radius 2 is 0.333 bits per heavy atom. The van der Waals surface area contributed by atoms with Crippen LogP contribution in [0.15, 0.2) is 0 Å². The van der Waals surface area contributed by atoms with E-state index >= 15 is 0 Å². The zero-order valence-electron chi connectivity index (χ0n) is 2.95. The fraction of sp³-hybridized carbons (Fsp3) is 0. The van der Waals surface area contributed by atoms with Crippen molar-refractivity contribution >= 4 is 85.4 Å². The van der Waals surface area contributed by atoms with E-state index in [1.54, 1.807) is 0 Å². The average Bonchev–Trinajstić information content (AvgIpc) is 0. The zero-order chi connectivity index (χ0) is 0. The first-order valence-electron chi connectivity index (χ1n) is 0. The van der Waals surface area contributed by atoms with Crippen molar-refractivity contribution in [3.05, 3.63) is 0 Å². The summed E-state index contributed by atoms with van der Waals surface area (Å²) in [7, 11) is 0. The average molecular weight is 245 g/mol. The molecule has 0 aromatic heterocycles. The van der Waals surface area contributed by atoms with E-state index in [1.807, 2.05) is 0 Å². The normalized spacial score (nSPS) is 0. The molecule has 3 radical (unpaired) electrons. The van der Waals surface area contributed by atoms with E-state index in [2.05, 4.69) is 0 Å². The first kappa shape index (κ1) is 83.3. The van der Waals surface area contributed by atoms with Gasteiger partial charge in [-0.3, -0.25) is 0 Å². The van der Waals surface area contributed by atoms with E-state index in [9.17, 15) is 0 Å². The Morgan fingerprint density at radius 1 is 0.333 bits per heavy atom. The van der Waals surface area contributed by atoms with E-state index in [0.717, 1.165) is 0 Å². The van der Waals surface area contributed by atoms with Crippen LogP contribution in [0.4, 0.5) is 0 Å². The van der Waals surface area contributed by atoms with Gasteiger partial charge in [0.1, 0.15) is 0 Å². The fourth-order valence-electron chi connectivity index (χ4n) is 0. The third-order valence-electron chi connectivity index (χ3n) is 0. The Hall–Kier alpha value is 2.31. The molecule has 0 aromatic rings. The quantitative estimate of drug-likeness (QED) is 0.534. The maximum absolute atomic E-state index is 0. The molecule has 0 nitrogen and oxygen atoms in total. The first-order chi connectivity index (χ1) is 0. The van der Waals surface area contributed by atoms with Crippen LogP contribution in [0.25, 0.3) is 0 Å². The molecule has 0 atom stereocenters. The molecule has 45 valence electrons. The minimum absolute atomic E-state index is 0. The van der Waals surface area contributed by atoms with E-state index in [-0.39, 0.29) is 85.4 Å². The molecule has 0 aromatic carbocycles. The number of hydrogen-bond donors (Lipinski definition) is 0. The van der Waals surface area contributed by atoms with Crippen LogP contribution in [0.1, 0.15) is 0 Å². The van der Waals surface area contributed by atoms with Gasteiger partial charge < -0.3 is 0 Å². The van der Waals surface area contributed by atoms with Crippen LogP contribution in [0.5, 0.6) is 0 Å². The van der Waals surface area contributed by atoms with Gasteiger partial charge >= 0.3 is 0 Å². The summed E-state index contributed by atoms with van der Waals surface area (Å²) in [6.45, 7) is 0. The Balaban J connectivity index is 0. The Labute approximate surface area is 84.8 Å². The van der Waals surface area contributed by atoms with Crippen LogP contribution in [0.3, 0.4) is 0 Å². The standard InChI is InChI=1S/As.5H2S/h;5*1H2. The predicted octanol–water partition coefficient (Wildman–Crippen LogP) is 0.183. The van der Waals surface area contributed by atoms with Crippen molar-refractivity contribution in [1.29, 1.82) is 0 Å². The number of hydrogen-bond acceptors (Lipinski definition) is 0. The molecule has 6 heavy (non-hydrogen) atoms. The topological polar surface area (TPSA) is 0 Å². The van der Waals surface area contributed by atoms with Gasteiger partial charge in [0.25, 0.3) is 0 Å². The molecule has 6 heteroatoms. The van der Waals surface area contributed by atoms with Gasteiger partial charge in [0.05, 0.1) is 0 Å². The Morgan fingerprint density at radius 3 is 0.333 bits per heavy atom. The smallest absolute Gasteiger partial charge is 0 e. The van der Waals surface area contributed by atoms with Gasteiger partial charge in [-0.2, -0.15) is 67.5 Å². The van der Waals surface area contributed by atoms with Crippen molar-refractivity contribution < 1.29 is 0 Å². The van der Waals surface area contributed by atoms with E-state index < -0.39 is 0 Å². The molecule has 0 spiro atoms. The van der Waals surface area contributed by atoms with Crippen molar-refractivity contribution in [3.63, 3.8) is 0 Å². The SMILES string of the molecule is S.S.S.S.S.[As]. The number of rotatable bonds is 0. The summed E-state index contributed by atoms with van der Waals surface area (Å²) in [4.78, 5) is 0. The van der Waals surface area contributed by atoms with Crippen LogP contribution in [0, 0.1) is 0 Å². The second kappa shape index (κ2) is 54.6. The maximum atomic E-state index is 0. The van der Waals surface area contributed by atoms with Crippen LogP contribution in [0.2, 0.25) is 0 Å². The third kappa shape index (κ3) is 33.4. The molecule has 0 bridgehead atoms. The molecule has 0 aliphatic carbocycles. The molecule has 0 rings (SSSR count). The van der Waals surface area contributed by atoms with Crippen LogP contribution in [-0.4, -0.2) is 18.0 Å². The molecule has 0 saturated heterocycles. The van der Waals surface area contributed by atoms with Gasteiger partial charge in [0.15, 0.2) is 0 Å². The zero-order valence-corrected chi connectivity index (χ0v) is 9.82. The summed E-state index contributed by atoms with van der Waals surface area (Å²) in [6, 6.07) is 0. The van der Waals surface area contributed by atoms with E-state index in [4.69, 9.17) is 0 Å². The predicted molar refractivity (Wildman–Crippen MR) is 57.7 cm³/mol. The van der Waals surface area contributed by atoms with E-state index in [0.29, 0.717) is 0 Å². The van der Waals surface area contributed by atoms with Gasteiger partial charge in [-0.15, -0.1) is 0 Å². The summed E-state index contributed by atoms with van der Waals surface area (Å²) >= 11 is 0. The Bertz CT molecular complexity index is 3.90. The summed E-state index contributed by atoms with van der Waals surface area (Å²) in [5.41, 5.74) is 0. The van der Waals surface area contributed by atoms with Crippen molar-refractivity contribution in [2.24, 2.45) is 0 Å². The summed E-state index contributed by atoms with van der Waals surface area (Å²) in [5, 5.41) is 0. The molecule has 0 amide bonds. The summed E-state index contributed by atoms with van der Waals surface area (Å²) < 4.78 is 0. The second-order valence-electron chi connectivity index (χ2n) is 0. The minimum atomic E-state index is 0. The monoisotopic (exact) mass is 245 g/mol. The largest absolute Gasteiger partial charge is 0.197 e. The van der Waals surface area contributed by atoms with Gasteiger partial charge in [0.2, 0.25) is 0 Å². The van der Waals surface area contributed by atoms with Crippen LogP contribution < -0.4 is 0 Å². The second-order valence-corrected chi connectivity index (χ2v) is 0. The fourth-order valence-corrected chi connectivity index (χ4v) is 0. The minimum Gasteiger partial charge on any atom is -0.197 e. The molecule has 0 saturated carbocycles. The van der Waals surface area contributed by atoms with Crippen molar-refractivity contribution in [1.82, 2.24) is 0 Å². The molecule has 0 aliphatic rings. The van der Waals surface area contributed by atoms with Crippen molar-refractivity contribution in [2.45, 2.75) is 0 Å².